The van der Waals surface area contributed by atoms with Crippen molar-refractivity contribution < 1.29 is 4.79 Å². The molecule has 3 N–H and O–H groups in total. The third-order valence-corrected chi connectivity index (χ3v) is 5.27. The van der Waals surface area contributed by atoms with Crippen LogP contribution in [0, 0.1) is 6.92 Å². The van der Waals surface area contributed by atoms with Gasteiger partial charge in [-0.3, -0.25) is 0 Å². The lowest BCUT2D eigenvalue weighted by Gasteiger charge is -2.28. The third kappa shape index (κ3) is 6.02. The number of carbonyl (C=O) groups is 1. The molecule has 2 amide bonds. The summed E-state index contributed by atoms with van der Waals surface area (Å²) in [6.45, 7) is 5.10. The first-order valence-corrected chi connectivity index (χ1v) is 10.9. The number of nitrogens with zero attached hydrogens (tertiary/aromatic N) is 3. The van der Waals surface area contributed by atoms with Gasteiger partial charge in [-0.1, -0.05) is 6.07 Å². The molecule has 7 nitrogen and oxygen atoms in total. The number of anilines is 3. The number of aromatic nitrogens is 2. The first-order valence-electron chi connectivity index (χ1n) is 9.67. The number of rotatable bonds is 7. The normalized spacial score (nSPS) is 13.9. The van der Waals surface area contributed by atoms with E-state index >= 15 is 0 Å². The Morgan fingerprint density at radius 3 is 2.75 bits per heavy atom. The number of benzene rings is 1. The van der Waals surface area contributed by atoms with Gasteiger partial charge in [0.2, 0.25) is 0 Å². The van der Waals surface area contributed by atoms with Gasteiger partial charge in [0.15, 0.2) is 0 Å². The van der Waals surface area contributed by atoms with Gasteiger partial charge in [-0.05, 0) is 50.6 Å². The molecule has 2 aromatic rings. The van der Waals surface area contributed by atoms with Gasteiger partial charge in [0, 0.05) is 42.8 Å². The van der Waals surface area contributed by atoms with Crippen molar-refractivity contribution in [1.82, 2.24) is 15.3 Å². The van der Waals surface area contributed by atoms with E-state index in [-0.39, 0.29) is 6.03 Å². The van der Waals surface area contributed by atoms with Crippen LogP contribution >= 0.6 is 11.8 Å². The largest absolute Gasteiger partial charge is 0.368 e. The quantitative estimate of drug-likeness (QED) is 0.485. The molecule has 8 heteroatoms. The van der Waals surface area contributed by atoms with E-state index in [2.05, 4.69) is 30.8 Å². The van der Waals surface area contributed by atoms with Crippen LogP contribution in [0.3, 0.4) is 0 Å². The second-order valence-corrected chi connectivity index (χ2v) is 7.63. The Balaban J connectivity index is 1.45. The molecule has 0 atom stereocenters. The summed E-state index contributed by atoms with van der Waals surface area (Å²) in [4.78, 5) is 24.5. The second-order valence-electron chi connectivity index (χ2n) is 6.75. The molecule has 0 bridgehead atoms. The number of nitrogens with one attached hydrogen (secondary N) is 3. The standard InChI is InChI=1S/C20H28N6OS/c1-15-23-18(14-19(24-15)26-11-4-3-5-12-26)21-9-10-22-20(27)25-16-7-6-8-17(13-16)28-2/h6-8,13-14H,3-5,9-12H2,1-2H3,(H,21,23,24)(H2,22,25,27). The highest BCUT2D eigenvalue weighted by Crippen LogP contribution is 2.20. The van der Waals surface area contributed by atoms with Crippen molar-refractivity contribution in [3.63, 3.8) is 0 Å². The number of carbonyl (C=O) groups excluding carboxylic acids is 1. The number of piperidine rings is 1. The molecular formula is C20H28N6OS. The number of hydrogen-bond acceptors (Lipinski definition) is 6. The Bertz CT molecular complexity index is 794. The second kappa shape index (κ2) is 10.2. The average molecular weight is 401 g/mol. The zero-order valence-electron chi connectivity index (χ0n) is 16.5. The molecule has 1 aromatic heterocycles. The zero-order valence-corrected chi connectivity index (χ0v) is 17.3. The van der Waals surface area contributed by atoms with E-state index in [1.807, 2.05) is 43.5 Å². The van der Waals surface area contributed by atoms with Crippen molar-refractivity contribution in [3.8, 4) is 0 Å². The van der Waals surface area contributed by atoms with E-state index in [1.165, 1.54) is 19.3 Å². The van der Waals surface area contributed by atoms with Crippen LogP contribution in [0.15, 0.2) is 35.2 Å². The summed E-state index contributed by atoms with van der Waals surface area (Å²) in [5.74, 6) is 2.53. The molecule has 1 saturated heterocycles. The van der Waals surface area contributed by atoms with Gasteiger partial charge in [-0.2, -0.15) is 0 Å². The van der Waals surface area contributed by atoms with Gasteiger partial charge in [0.25, 0.3) is 0 Å². The predicted octanol–water partition coefficient (Wildman–Crippen LogP) is 3.73. The first kappa shape index (κ1) is 20.3. The Labute approximate surface area is 170 Å². The van der Waals surface area contributed by atoms with Crippen LogP contribution in [0.1, 0.15) is 25.1 Å². The molecule has 1 fully saturated rings. The molecule has 2 heterocycles. The zero-order chi connectivity index (χ0) is 19.8. The van der Waals surface area contributed by atoms with Gasteiger partial charge in [0.1, 0.15) is 17.5 Å². The summed E-state index contributed by atoms with van der Waals surface area (Å²) in [5.41, 5.74) is 0.787. The van der Waals surface area contributed by atoms with Crippen LogP contribution in [0.4, 0.5) is 22.1 Å². The van der Waals surface area contributed by atoms with E-state index < -0.39 is 0 Å². The van der Waals surface area contributed by atoms with Crippen LogP contribution in [0.2, 0.25) is 0 Å². The van der Waals surface area contributed by atoms with Crippen molar-refractivity contribution >= 4 is 35.1 Å². The van der Waals surface area contributed by atoms with Crippen molar-refractivity contribution in [2.45, 2.75) is 31.1 Å². The molecule has 1 aliphatic rings. The lowest BCUT2D eigenvalue weighted by molar-refractivity contribution is 0.252. The van der Waals surface area contributed by atoms with E-state index in [0.29, 0.717) is 13.1 Å². The molecule has 0 unspecified atom stereocenters. The summed E-state index contributed by atoms with van der Waals surface area (Å²) in [5, 5.41) is 8.99. The average Bonchev–Trinajstić information content (AvgIpc) is 2.71. The maximum Gasteiger partial charge on any atom is 0.319 e. The SMILES string of the molecule is CSc1cccc(NC(=O)NCCNc2cc(N3CCCCC3)nc(C)n2)c1. The summed E-state index contributed by atoms with van der Waals surface area (Å²) in [6, 6.07) is 9.55. The number of urea groups is 1. The first-order chi connectivity index (χ1) is 13.6. The minimum Gasteiger partial charge on any atom is -0.368 e. The maximum absolute atomic E-state index is 12.0. The molecule has 0 aliphatic carbocycles. The fourth-order valence-corrected chi connectivity index (χ4v) is 3.63. The van der Waals surface area contributed by atoms with Gasteiger partial charge in [0.05, 0.1) is 0 Å². The fraction of sp³-hybridized carbons (Fsp3) is 0.450. The highest BCUT2D eigenvalue weighted by atomic mass is 32.2. The number of thioether (sulfide) groups is 1. The Kier molecular flexibility index (Phi) is 7.36. The summed E-state index contributed by atoms with van der Waals surface area (Å²) >= 11 is 1.64. The number of amides is 2. The van der Waals surface area contributed by atoms with E-state index in [4.69, 9.17) is 0 Å². The van der Waals surface area contributed by atoms with Gasteiger partial charge in [-0.25, -0.2) is 14.8 Å². The minimum atomic E-state index is -0.215. The minimum absolute atomic E-state index is 0.215. The van der Waals surface area contributed by atoms with Gasteiger partial charge < -0.3 is 20.9 Å². The van der Waals surface area contributed by atoms with Crippen LogP contribution in [0.25, 0.3) is 0 Å². The maximum atomic E-state index is 12.0. The molecule has 0 spiro atoms. The molecule has 1 aromatic carbocycles. The van der Waals surface area contributed by atoms with Crippen LogP contribution in [-0.2, 0) is 0 Å². The molecule has 150 valence electrons. The molecule has 0 radical (unpaired) electrons. The number of aryl methyl sites for hydroxylation is 1. The van der Waals surface area contributed by atoms with Gasteiger partial charge >= 0.3 is 6.03 Å². The van der Waals surface area contributed by atoms with Crippen LogP contribution < -0.4 is 20.9 Å². The smallest absolute Gasteiger partial charge is 0.319 e. The Hall–Kier alpha value is -2.48. The summed E-state index contributed by atoms with van der Waals surface area (Å²) < 4.78 is 0. The predicted molar refractivity (Wildman–Crippen MR) is 117 cm³/mol. The van der Waals surface area contributed by atoms with Crippen molar-refractivity contribution in [3.05, 3.63) is 36.2 Å². The molecule has 28 heavy (non-hydrogen) atoms. The highest BCUT2D eigenvalue weighted by Gasteiger charge is 2.13. The van der Waals surface area contributed by atoms with Gasteiger partial charge in [-0.15, -0.1) is 11.8 Å². The van der Waals surface area contributed by atoms with E-state index in [0.717, 1.165) is 41.1 Å². The molecule has 3 rings (SSSR count). The lowest BCUT2D eigenvalue weighted by atomic mass is 10.1. The van der Waals surface area contributed by atoms with Crippen molar-refractivity contribution in [2.75, 3.05) is 48.0 Å². The lowest BCUT2D eigenvalue weighted by Crippen LogP contribution is -2.33. The third-order valence-electron chi connectivity index (χ3n) is 4.55. The summed E-state index contributed by atoms with van der Waals surface area (Å²) in [6.07, 6.45) is 5.73. The summed E-state index contributed by atoms with van der Waals surface area (Å²) in [7, 11) is 0. The topological polar surface area (TPSA) is 82.2 Å². The number of hydrogen-bond donors (Lipinski definition) is 3. The molecule has 0 saturated carbocycles. The molecule has 1 aliphatic heterocycles. The fourth-order valence-electron chi connectivity index (χ4n) is 3.17. The molecular weight excluding hydrogens is 372 g/mol. The monoisotopic (exact) mass is 400 g/mol. The highest BCUT2D eigenvalue weighted by molar-refractivity contribution is 7.98. The van der Waals surface area contributed by atoms with Crippen LogP contribution in [-0.4, -0.2) is 48.4 Å². The van der Waals surface area contributed by atoms with Crippen molar-refractivity contribution in [1.29, 1.82) is 0 Å². The van der Waals surface area contributed by atoms with E-state index in [1.54, 1.807) is 11.8 Å². The Morgan fingerprint density at radius 1 is 1.14 bits per heavy atom. The van der Waals surface area contributed by atoms with Crippen molar-refractivity contribution in [2.24, 2.45) is 0 Å². The Morgan fingerprint density at radius 2 is 1.96 bits per heavy atom. The van der Waals surface area contributed by atoms with E-state index in [9.17, 15) is 4.79 Å². The van der Waals surface area contributed by atoms with Crippen LogP contribution in [0.5, 0.6) is 0 Å².